The summed E-state index contributed by atoms with van der Waals surface area (Å²) in [5.74, 6) is 1.19. The van der Waals surface area contributed by atoms with E-state index in [0.29, 0.717) is 6.04 Å². The lowest BCUT2D eigenvalue weighted by molar-refractivity contribution is 0.574. The van der Waals surface area contributed by atoms with Crippen LogP contribution in [0.5, 0.6) is 0 Å². The van der Waals surface area contributed by atoms with Crippen LogP contribution in [0.25, 0.3) is 11.3 Å². The Kier molecular flexibility index (Phi) is 3.62. The van der Waals surface area contributed by atoms with Crippen LogP contribution in [0.2, 0.25) is 0 Å². The Labute approximate surface area is 121 Å². The Morgan fingerprint density at radius 1 is 1.30 bits per heavy atom. The van der Waals surface area contributed by atoms with Crippen LogP contribution in [0.1, 0.15) is 42.9 Å². The maximum absolute atomic E-state index is 4.96. The highest BCUT2D eigenvalue weighted by Crippen LogP contribution is 2.29. The van der Waals surface area contributed by atoms with Crippen LogP contribution in [0.15, 0.2) is 24.3 Å². The zero-order valence-corrected chi connectivity index (χ0v) is 12.6. The Hall–Kier alpha value is -1.61. The fraction of sp³-hybridized carbons (Fsp3) is 0.471. The molecule has 1 atom stereocenters. The number of rotatable bonds is 3. The molecule has 1 aliphatic rings. The molecule has 106 valence electrons. The van der Waals surface area contributed by atoms with Crippen LogP contribution in [-0.2, 0) is 13.5 Å². The zero-order valence-electron chi connectivity index (χ0n) is 12.6. The van der Waals surface area contributed by atoms with Gasteiger partial charge < -0.3 is 9.88 Å². The van der Waals surface area contributed by atoms with Crippen molar-refractivity contribution in [1.29, 1.82) is 0 Å². The maximum atomic E-state index is 4.96. The van der Waals surface area contributed by atoms with Gasteiger partial charge in [0, 0.05) is 18.3 Å². The molecule has 3 heteroatoms. The van der Waals surface area contributed by atoms with E-state index >= 15 is 0 Å². The number of hydrogen-bond acceptors (Lipinski definition) is 2. The van der Waals surface area contributed by atoms with Crippen molar-refractivity contribution in [2.45, 2.75) is 39.2 Å². The molecule has 0 amide bonds. The second-order valence-electron chi connectivity index (χ2n) is 5.69. The van der Waals surface area contributed by atoms with Gasteiger partial charge in [-0.15, -0.1) is 0 Å². The van der Waals surface area contributed by atoms with Crippen molar-refractivity contribution in [3.8, 4) is 11.3 Å². The van der Waals surface area contributed by atoms with Crippen molar-refractivity contribution in [1.82, 2.24) is 14.9 Å². The first-order valence-corrected chi connectivity index (χ1v) is 7.56. The molecule has 1 aliphatic heterocycles. The average molecular weight is 269 g/mol. The summed E-state index contributed by atoms with van der Waals surface area (Å²) in [6, 6.07) is 9.11. The van der Waals surface area contributed by atoms with E-state index in [4.69, 9.17) is 4.98 Å². The van der Waals surface area contributed by atoms with E-state index in [2.05, 4.69) is 55.0 Å². The lowest BCUT2D eigenvalue weighted by Gasteiger charge is -2.10. The standard InChI is InChI=1S/C17H23N3/c1-4-15-16(13-9-7-12(2)8-10-13)19-17(20(15)3)14-6-5-11-18-14/h7-10,14,18H,4-6,11H2,1-3H3. The van der Waals surface area contributed by atoms with Gasteiger partial charge in [-0.1, -0.05) is 36.8 Å². The molecule has 0 saturated carbocycles. The summed E-state index contributed by atoms with van der Waals surface area (Å²) in [6.07, 6.45) is 3.46. The van der Waals surface area contributed by atoms with Crippen LogP contribution >= 0.6 is 0 Å². The fourth-order valence-electron chi connectivity index (χ4n) is 3.12. The molecule has 2 heterocycles. The fourth-order valence-corrected chi connectivity index (χ4v) is 3.12. The molecule has 20 heavy (non-hydrogen) atoms. The largest absolute Gasteiger partial charge is 0.333 e. The average Bonchev–Trinajstić information content (AvgIpc) is 3.07. The lowest BCUT2D eigenvalue weighted by Crippen LogP contribution is -2.17. The summed E-state index contributed by atoms with van der Waals surface area (Å²) in [5.41, 5.74) is 5.00. The van der Waals surface area contributed by atoms with Crippen molar-refractivity contribution in [2.75, 3.05) is 6.54 Å². The van der Waals surface area contributed by atoms with E-state index in [-0.39, 0.29) is 0 Å². The molecular weight excluding hydrogens is 246 g/mol. The molecule has 1 aromatic heterocycles. The van der Waals surface area contributed by atoms with Crippen molar-refractivity contribution in [3.05, 3.63) is 41.3 Å². The summed E-state index contributed by atoms with van der Waals surface area (Å²) in [7, 11) is 2.15. The molecule has 0 aliphatic carbocycles. The second-order valence-corrected chi connectivity index (χ2v) is 5.69. The molecule has 0 radical (unpaired) electrons. The minimum atomic E-state index is 0.421. The number of benzene rings is 1. The third-order valence-electron chi connectivity index (χ3n) is 4.28. The molecule has 1 aromatic carbocycles. The van der Waals surface area contributed by atoms with Crippen LogP contribution in [-0.4, -0.2) is 16.1 Å². The Morgan fingerprint density at radius 3 is 2.65 bits per heavy atom. The predicted molar refractivity (Wildman–Crippen MR) is 82.7 cm³/mol. The Balaban J connectivity index is 2.05. The van der Waals surface area contributed by atoms with E-state index in [1.165, 1.54) is 35.5 Å². The van der Waals surface area contributed by atoms with Crippen molar-refractivity contribution in [3.63, 3.8) is 0 Å². The Morgan fingerprint density at radius 2 is 2.05 bits per heavy atom. The smallest absolute Gasteiger partial charge is 0.126 e. The monoisotopic (exact) mass is 269 g/mol. The number of aromatic nitrogens is 2. The lowest BCUT2D eigenvalue weighted by atomic mass is 10.1. The first-order chi connectivity index (χ1) is 9.70. The van der Waals surface area contributed by atoms with E-state index in [1.54, 1.807) is 0 Å². The zero-order chi connectivity index (χ0) is 14.1. The number of aryl methyl sites for hydroxylation is 1. The van der Waals surface area contributed by atoms with Gasteiger partial charge in [-0.05, 0) is 32.7 Å². The number of imidazole rings is 1. The molecule has 0 bridgehead atoms. The molecule has 1 unspecified atom stereocenters. The summed E-state index contributed by atoms with van der Waals surface area (Å²) in [6.45, 7) is 5.44. The number of hydrogen-bond donors (Lipinski definition) is 1. The van der Waals surface area contributed by atoms with Crippen LogP contribution in [0.3, 0.4) is 0 Å². The van der Waals surface area contributed by atoms with Crippen LogP contribution < -0.4 is 5.32 Å². The van der Waals surface area contributed by atoms with Gasteiger partial charge in [-0.25, -0.2) is 4.98 Å². The predicted octanol–water partition coefficient (Wildman–Crippen LogP) is 3.38. The van der Waals surface area contributed by atoms with Gasteiger partial charge in [0.25, 0.3) is 0 Å². The van der Waals surface area contributed by atoms with Gasteiger partial charge in [-0.2, -0.15) is 0 Å². The van der Waals surface area contributed by atoms with Crippen molar-refractivity contribution >= 4 is 0 Å². The number of nitrogens with one attached hydrogen (secondary N) is 1. The molecule has 3 nitrogen and oxygen atoms in total. The summed E-state index contributed by atoms with van der Waals surface area (Å²) in [5, 5.41) is 3.56. The molecule has 1 saturated heterocycles. The van der Waals surface area contributed by atoms with Crippen LogP contribution in [0, 0.1) is 6.92 Å². The van der Waals surface area contributed by atoms with Crippen molar-refractivity contribution in [2.24, 2.45) is 7.05 Å². The second kappa shape index (κ2) is 5.41. The molecule has 0 spiro atoms. The van der Waals surface area contributed by atoms with Gasteiger partial charge in [0.15, 0.2) is 0 Å². The topological polar surface area (TPSA) is 29.9 Å². The van der Waals surface area contributed by atoms with Crippen molar-refractivity contribution < 1.29 is 0 Å². The summed E-state index contributed by atoms with van der Waals surface area (Å²) < 4.78 is 2.29. The molecule has 2 aromatic rings. The summed E-state index contributed by atoms with van der Waals surface area (Å²) >= 11 is 0. The third kappa shape index (κ3) is 2.27. The highest BCUT2D eigenvalue weighted by atomic mass is 15.1. The quantitative estimate of drug-likeness (QED) is 0.925. The van der Waals surface area contributed by atoms with E-state index in [9.17, 15) is 0 Å². The molecule has 3 rings (SSSR count). The van der Waals surface area contributed by atoms with Gasteiger partial charge in [0.2, 0.25) is 0 Å². The van der Waals surface area contributed by atoms with Gasteiger partial charge in [0.1, 0.15) is 5.82 Å². The molecule has 1 fully saturated rings. The van der Waals surface area contributed by atoms with E-state index in [0.717, 1.165) is 18.7 Å². The molecular formula is C17H23N3. The third-order valence-corrected chi connectivity index (χ3v) is 4.28. The van der Waals surface area contributed by atoms with Crippen LogP contribution in [0.4, 0.5) is 0 Å². The highest BCUT2D eigenvalue weighted by Gasteiger charge is 2.24. The normalized spacial score (nSPS) is 18.6. The minimum Gasteiger partial charge on any atom is -0.333 e. The summed E-state index contributed by atoms with van der Waals surface area (Å²) in [4.78, 5) is 4.96. The van der Waals surface area contributed by atoms with Gasteiger partial charge in [-0.3, -0.25) is 0 Å². The highest BCUT2D eigenvalue weighted by molar-refractivity contribution is 5.63. The molecule has 1 N–H and O–H groups in total. The first kappa shape index (κ1) is 13.4. The Bertz CT molecular complexity index is 589. The number of nitrogens with zero attached hydrogens (tertiary/aromatic N) is 2. The van der Waals surface area contributed by atoms with E-state index in [1.807, 2.05) is 0 Å². The minimum absolute atomic E-state index is 0.421. The van der Waals surface area contributed by atoms with E-state index < -0.39 is 0 Å². The SMILES string of the molecule is CCc1c(-c2ccc(C)cc2)nc(C2CCCN2)n1C. The first-order valence-electron chi connectivity index (χ1n) is 7.56. The maximum Gasteiger partial charge on any atom is 0.126 e. The van der Waals surface area contributed by atoms with Gasteiger partial charge in [0.05, 0.1) is 11.7 Å². The van der Waals surface area contributed by atoms with Gasteiger partial charge >= 0.3 is 0 Å².